The fraction of sp³-hybridized carbons (Fsp3) is 0.143. The van der Waals surface area contributed by atoms with Crippen LogP contribution in [0, 0.1) is 0 Å². The highest BCUT2D eigenvalue weighted by molar-refractivity contribution is 6.34. The van der Waals surface area contributed by atoms with Crippen molar-refractivity contribution in [3.05, 3.63) is 82.7 Å². The van der Waals surface area contributed by atoms with Gasteiger partial charge in [0.1, 0.15) is 6.10 Å². The predicted octanol–water partition coefficient (Wildman–Crippen LogP) is 5.51. The van der Waals surface area contributed by atoms with Crippen molar-refractivity contribution in [1.82, 2.24) is 4.98 Å². The molecular weight excluding hydrogens is 348 g/mol. The second-order valence-corrected chi connectivity index (χ2v) is 6.61. The number of benzene rings is 2. The first-order valence-corrected chi connectivity index (χ1v) is 8.78. The number of hydrogen-bond donors (Lipinski definition) is 1. The summed E-state index contributed by atoms with van der Waals surface area (Å²) in [5, 5.41) is 4.19. The molecule has 0 saturated heterocycles. The molecule has 4 nitrogen and oxygen atoms in total. The second kappa shape index (κ2) is 6.81. The molecular formula is C21H17ClN2O2. The van der Waals surface area contributed by atoms with Gasteiger partial charge in [0.15, 0.2) is 0 Å². The number of carbonyl (C=O) groups is 1. The van der Waals surface area contributed by atoms with Crippen molar-refractivity contribution in [3.63, 3.8) is 0 Å². The van der Waals surface area contributed by atoms with Crippen LogP contribution >= 0.6 is 11.6 Å². The lowest BCUT2D eigenvalue weighted by Crippen LogP contribution is -2.14. The fourth-order valence-corrected chi connectivity index (χ4v) is 3.26. The average molecular weight is 365 g/mol. The van der Waals surface area contributed by atoms with Gasteiger partial charge in [0.25, 0.3) is 5.91 Å². The standard InChI is InChI=1S/C21H17ClN2O2/c1-13-10-11-20(26-13)19-12-15(14-6-2-4-8-17(14)23-19)21(25)24-18-9-5-3-7-16(18)22/h2-10,12,20H,11H2,1H3,(H,24,25). The first-order chi connectivity index (χ1) is 12.6. The maximum absolute atomic E-state index is 13.0. The Labute approximate surface area is 156 Å². The third kappa shape index (κ3) is 3.16. The van der Waals surface area contributed by atoms with E-state index in [1.54, 1.807) is 12.1 Å². The number of aromatic nitrogens is 1. The van der Waals surface area contributed by atoms with Crippen LogP contribution in [-0.4, -0.2) is 10.9 Å². The van der Waals surface area contributed by atoms with Gasteiger partial charge in [0.2, 0.25) is 0 Å². The largest absolute Gasteiger partial charge is 0.489 e. The summed E-state index contributed by atoms with van der Waals surface area (Å²) in [7, 11) is 0. The average Bonchev–Trinajstić information content (AvgIpc) is 3.09. The monoisotopic (exact) mass is 364 g/mol. The molecule has 0 spiro atoms. The van der Waals surface area contributed by atoms with Crippen LogP contribution in [0.1, 0.15) is 35.5 Å². The maximum Gasteiger partial charge on any atom is 0.256 e. The van der Waals surface area contributed by atoms with Gasteiger partial charge in [0.05, 0.1) is 33.2 Å². The van der Waals surface area contributed by atoms with Crippen LogP contribution in [0.2, 0.25) is 5.02 Å². The zero-order valence-corrected chi connectivity index (χ0v) is 15.0. The van der Waals surface area contributed by atoms with E-state index in [0.717, 1.165) is 28.8 Å². The molecule has 1 aliphatic rings. The number of nitrogens with zero attached hydrogens (tertiary/aromatic N) is 1. The highest BCUT2D eigenvalue weighted by atomic mass is 35.5. The Morgan fingerprint density at radius 1 is 1.19 bits per heavy atom. The molecule has 1 aliphatic heterocycles. The predicted molar refractivity (Wildman–Crippen MR) is 103 cm³/mol. The minimum absolute atomic E-state index is 0.161. The van der Waals surface area contributed by atoms with Gasteiger partial charge in [-0.25, -0.2) is 4.98 Å². The van der Waals surface area contributed by atoms with Crippen LogP contribution in [-0.2, 0) is 4.74 Å². The van der Waals surface area contributed by atoms with Crippen molar-refractivity contribution >= 4 is 34.1 Å². The summed E-state index contributed by atoms with van der Waals surface area (Å²) in [5.41, 5.74) is 2.65. The van der Waals surface area contributed by atoms with Gasteiger partial charge in [0, 0.05) is 11.8 Å². The molecule has 1 aromatic heterocycles. The Kier molecular flexibility index (Phi) is 4.35. The summed E-state index contributed by atoms with van der Waals surface area (Å²) < 4.78 is 5.81. The first-order valence-electron chi connectivity index (χ1n) is 8.41. The molecule has 2 aromatic carbocycles. The Bertz CT molecular complexity index is 1030. The number of carbonyl (C=O) groups excluding carboxylic acids is 1. The van der Waals surface area contributed by atoms with E-state index in [0.29, 0.717) is 16.3 Å². The summed E-state index contributed by atoms with van der Waals surface area (Å²) >= 11 is 6.17. The molecule has 0 aliphatic carbocycles. The quantitative estimate of drug-likeness (QED) is 0.667. The van der Waals surface area contributed by atoms with Crippen LogP contribution in [0.3, 0.4) is 0 Å². The summed E-state index contributed by atoms with van der Waals surface area (Å²) in [5.74, 6) is 0.660. The number of fused-ring (bicyclic) bond motifs is 1. The molecule has 1 unspecified atom stereocenters. The molecule has 4 rings (SSSR count). The molecule has 0 bridgehead atoms. The van der Waals surface area contributed by atoms with Crippen LogP contribution < -0.4 is 5.32 Å². The normalized spacial score (nSPS) is 16.2. The minimum Gasteiger partial charge on any atom is -0.489 e. The summed E-state index contributed by atoms with van der Waals surface area (Å²) in [6.45, 7) is 1.92. The zero-order valence-electron chi connectivity index (χ0n) is 14.2. The lowest BCUT2D eigenvalue weighted by molar-refractivity contribution is 0.102. The van der Waals surface area contributed by atoms with Crippen molar-refractivity contribution in [2.75, 3.05) is 5.32 Å². The number of hydrogen-bond acceptors (Lipinski definition) is 3. The lowest BCUT2D eigenvalue weighted by Gasteiger charge is -2.15. The van der Waals surface area contributed by atoms with Crippen molar-refractivity contribution in [3.8, 4) is 0 Å². The topological polar surface area (TPSA) is 51.2 Å². The SMILES string of the molecule is CC1=CCC(c2cc(C(=O)Nc3ccccc3Cl)c3ccccc3n2)O1. The molecule has 0 saturated carbocycles. The Balaban J connectivity index is 1.75. The maximum atomic E-state index is 13.0. The minimum atomic E-state index is -0.222. The van der Waals surface area contributed by atoms with Crippen LogP contribution in [0.25, 0.3) is 10.9 Å². The van der Waals surface area contributed by atoms with Crippen LogP contribution in [0.15, 0.2) is 66.4 Å². The van der Waals surface area contributed by atoms with E-state index >= 15 is 0 Å². The summed E-state index contributed by atoms with van der Waals surface area (Å²) in [4.78, 5) is 17.7. The highest BCUT2D eigenvalue weighted by Crippen LogP contribution is 2.32. The van der Waals surface area contributed by atoms with Gasteiger partial charge >= 0.3 is 0 Å². The smallest absolute Gasteiger partial charge is 0.256 e. The van der Waals surface area contributed by atoms with Crippen molar-refractivity contribution in [1.29, 1.82) is 0 Å². The highest BCUT2D eigenvalue weighted by Gasteiger charge is 2.22. The Hall–Kier alpha value is -2.85. The third-order valence-corrected chi connectivity index (χ3v) is 4.71. The molecule has 3 aromatic rings. The Morgan fingerprint density at radius 2 is 1.96 bits per heavy atom. The van der Waals surface area contributed by atoms with Gasteiger partial charge in [-0.1, -0.05) is 41.9 Å². The van der Waals surface area contributed by atoms with E-state index in [1.807, 2.05) is 55.5 Å². The summed E-state index contributed by atoms with van der Waals surface area (Å²) in [6, 6.07) is 16.6. The molecule has 130 valence electrons. The van der Waals surface area contributed by atoms with Crippen molar-refractivity contribution < 1.29 is 9.53 Å². The van der Waals surface area contributed by atoms with E-state index in [4.69, 9.17) is 21.3 Å². The Morgan fingerprint density at radius 3 is 2.73 bits per heavy atom. The van der Waals surface area contributed by atoms with Gasteiger partial charge < -0.3 is 10.1 Å². The number of nitrogens with one attached hydrogen (secondary N) is 1. The van der Waals surface area contributed by atoms with E-state index in [2.05, 4.69) is 5.32 Å². The number of rotatable bonds is 3. The number of para-hydroxylation sites is 2. The molecule has 0 fully saturated rings. The van der Waals surface area contributed by atoms with Crippen molar-refractivity contribution in [2.45, 2.75) is 19.4 Å². The van der Waals surface area contributed by atoms with Crippen LogP contribution in [0.5, 0.6) is 0 Å². The first kappa shape index (κ1) is 16.6. The van der Waals surface area contributed by atoms with Gasteiger partial charge in [-0.15, -0.1) is 0 Å². The van der Waals surface area contributed by atoms with E-state index < -0.39 is 0 Å². The fourth-order valence-electron chi connectivity index (χ4n) is 3.08. The van der Waals surface area contributed by atoms with Crippen molar-refractivity contribution in [2.24, 2.45) is 0 Å². The van der Waals surface area contributed by atoms with Gasteiger partial charge in [-0.2, -0.15) is 0 Å². The number of ether oxygens (including phenoxy) is 1. The molecule has 1 atom stereocenters. The zero-order chi connectivity index (χ0) is 18.1. The van der Waals surface area contributed by atoms with Gasteiger partial charge in [-0.05, 0) is 37.3 Å². The van der Waals surface area contributed by atoms with E-state index in [-0.39, 0.29) is 12.0 Å². The lowest BCUT2D eigenvalue weighted by atomic mass is 10.0. The summed E-state index contributed by atoms with van der Waals surface area (Å²) in [6.07, 6.45) is 2.62. The molecule has 1 amide bonds. The number of allylic oxidation sites excluding steroid dienone is 1. The number of anilines is 1. The van der Waals surface area contributed by atoms with E-state index in [9.17, 15) is 4.79 Å². The number of halogens is 1. The molecule has 1 N–H and O–H groups in total. The second-order valence-electron chi connectivity index (χ2n) is 6.20. The molecule has 5 heteroatoms. The third-order valence-electron chi connectivity index (χ3n) is 4.38. The molecule has 26 heavy (non-hydrogen) atoms. The molecule has 0 radical (unpaired) electrons. The molecule has 2 heterocycles. The van der Waals surface area contributed by atoms with E-state index in [1.165, 1.54) is 0 Å². The number of pyridine rings is 1. The van der Waals surface area contributed by atoms with Crippen LogP contribution in [0.4, 0.5) is 5.69 Å². The number of amides is 1. The van der Waals surface area contributed by atoms with Gasteiger partial charge in [-0.3, -0.25) is 4.79 Å².